The van der Waals surface area contributed by atoms with E-state index < -0.39 is 0 Å². The van der Waals surface area contributed by atoms with Gasteiger partial charge in [0.2, 0.25) is 5.91 Å². The standard InChI is InChI=1S/C14H21NO2/c1-3-11(2)13-6-4-12(5-7-13)10-15-14(17)8-9-16/h4-7,11,16H,3,8-10H2,1-2H3,(H,15,17). The number of aliphatic hydroxyl groups excluding tert-OH is 1. The minimum atomic E-state index is -0.112. The van der Waals surface area contributed by atoms with Crippen molar-refractivity contribution in [3.63, 3.8) is 0 Å². The number of carbonyl (C=O) groups is 1. The first-order valence-corrected chi connectivity index (χ1v) is 6.13. The lowest BCUT2D eigenvalue weighted by atomic mass is 9.98. The minimum absolute atomic E-state index is 0.0984. The first-order valence-electron chi connectivity index (χ1n) is 6.13. The van der Waals surface area contributed by atoms with Gasteiger partial charge in [-0.05, 0) is 23.5 Å². The van der Waals surface area contributed by atoms with E-state index in [0.717, 1.165) is 12.0 Å². The maximum atomic E-state index is 11.2. The van der Waals surface area contributed by atoms with Gasteiger partial charge in [-0.15, -0.1) is 0 Å². The van der Waals surface area contributed by atoms with Crippen molar-refractivity contribution in [3.8, 4) is 0 Å². The molecule has 1 unspecified atom stereocenters. The first-order chi connectivity index (χ1) is 8.17. The van der Waals surface area contributed by atoms with Crippen LogP contribution in [0.4, 0.5) is 0 Å². The summed E-state index contributed by atoms with van der Waals surface area (Å²) in [6.07, 6.45) is 1.30. The van der Waals surface area contributed by atoms with Crippen molar-refractivity contribution in [3.05, 3.63) is 35.4 Å². The Morgan fingerprint density at radius 3 is 2.53 bits per heavy atom. The van der Waals surface area contributed by atoms with Gasteiger partial charge in [-0.1, -0.05) is 38.1 Å². The van der Waals surface area contributed by atoms with Gasteiger partial charge < -0.3 is 10.4 Å². The molecule has 0 radical (unpaired) electrons. The molecular weight excluding hydrogens is 214 g/mol. The molecule has 0 heterocycles. The average Bonchev–Trinajstić information content (AvgIpc) is 2.36. The summed E-state index contributed by atoms with van der Waals surface area (Å²) in [6.45, 7) is 4.81. The summed E-state index contributed by atoms with van der Waals surface area (Å²) in [5.41, 5.74) is 2.42. The Morgan fingerprint density at radius 1 is 1.35 bits per heavy atom. The maximum absolute atomic E-state index is 11.2. The number of rotatable bonds is 6. The Morgan fingerprint density at radius 2 is 2.00 bits per heavy atom. The van der Waals surface area contributed by atoms with Crippen LogP contribution in [0.15, 0.2) is 24.3 Å². The predicted molar refractivity (Wildman–Crippen MR) is 68.7 cm³/mol. The van der Waals surface area contributed by atoms with Gasteiger partial charge in [-0.3, -0.25) is 4.79 Å². The van der Waals surface area contributed by atoms with Gasteiger partial charge in [-0.25, -0.2) is 0 Å². The molecule has 0 aliphatic rings. The number of benzene rings is 1. The molecule has 0 aliphatic carbocycles. The van der Waals surface area contributed by atoms with Gasteiger partial charge in [0, 0.05) is 13.0 Å². The highest BCUT2D eigenvalue weighted by molar-refractivity contribution is 5.75. The molecule has 3 heteroatoms. The van der Waals surface area contributed by atoms with Crippen LogP contribution in [0.3, 0.4) is 0 Å². The molecule has 0 saturated carbocycles. The number of aliphatic hydroxyl groups is 1. The van der Waals surface area contributed by atoms with Crippen LogP contribution in [0.2, 0.25) is 0 Å². The van der Waals surface area contributed by atoms with E-state index in [1.54, 1.807) is 0 Å². The maximum Gasteiger partial charge on any atom is 0.222 e. The quantitative estimate of drug-likeness (QED) is 0.794. The zero-order chi connectivity index (χ0) is 12.7. The van der Waals surface area contributed by atoms with Crippen LogP contribution in [0, 0.1) is 0 Å². The molecule has 1 rings (SSSR count). The van der Waals surface area contributed by atoms with Gasteiger partial charge in [0.25, 0.3) is 0 Å². The molecule has 1 atom stereocenters. The number of hydrogen-bond donors (Lipinski definition) is 2. The fourth-order valence-electron chi connectivity index (χ4n) is 1.59. The summed E-state index contributed by atoms with van der Waals surface area (Å²) in [5.74, 6) is 0.464. The van der Waals surface area contributed by atoms with Crippen LogP contribution in [0.1, 0.15) is 43.7 Å². The molecule has 2 N–H and O–H groups in total. The summed E-state index contributed by atoms with van der Waals surface area (Å²) in [4.78, 5) is 11.2. The SMILES string of the molecule is CCC(C)c1ccc(CNC(=O)CCO)cc1. The normalized spacial score (nSPS) is 12.2. The molecule has 1 aromatic carbocycles. The molecule has 0 fully saturated rings. The topological polar surface area (TPSA) is 49.3 Å². The van der Waals surface area contributed by atoms with E-state index in [1.807, 2.05) is 12.1 Å². The molecule has 0 bridgehead atoms. The second-order valence-electron chi connectivity index (χ2n) is 4.30. The Labute approximate surface area is 103 Å². The molecular formula is C14H21NO2. The third kappa shape index (κ3) is 4.57. The molecule has 3 nitrogen and oxygen atoms in total. The first kappa shape index (κ1) is 13.7. The minimum Gasteiger partial charge on any atom is -0.396 e. The third-order valence-corrected chi connectivity index (χ3v) is 2.99. The number of amides is 1. The summed E-state index contributed by atoms with van der Waals surface area (Å²) >= 11 is 0. The smallest absolute Gasteiger partial charge is 0.222 e. The van der Waals surface area contributed by atoms with E-state index in [2.05, 4.69) is 31.3 Å². The van der Waals surface area contributed by atoms with E-state index in [0.29, 0.717) is 12.5 Å². The lowest BCUT2D eigenvalue weighted by Crippen LogP contribution is -2.23. The van der Waals surface area contributed by atoms with Gasteiger partial charge in [0.1, 0.15) is 0 Å². The fourth-order valence-corrected chi connectivity index (χ4v) is 1.59. The number of hydrogen-bond acceptors (Lipinski definition) is 2. The summed E-state index contributed by atoms with van der Waals surface area (Å²) < 4.78 is 0. The van der Waals surface area contributed by atoms with Gasteiger partial charge in [0.15, 0.2) is 0 Å². The lowest BCUT2D eigenvalue weighted by Gasteiger charge is -2.10. The Kier molecular flexibility index (Phi) is 5.70. The van der Waals surface area contributed by atoms with E-state index >= 15 is 0 Å². The lowest BCUT2D eigenvalue weighted by molar-refractivity contribution is -0.121. The number of nitrogens with one attached hydrogen (secondary N) is 1. The Balaban J connectivity index is 2.48. The van der Waals surface area contributed by atoms with E-state index in [1.165, 1.54) is 5.56 Å². The predicted octanol–water partition coefficient (Wildman–Crippen LogP) is 2.20. The summed E-state index contributed by atoms with van der Waals surface area (Å²) in [5, 5.41) is 11.4. The fraction of sp³-hybridized carbons (Fsp3) is 0.500. The van der Waals surface area contributed by atoms with Gasteiger partial charge in [-0.2, -0.15) is 0 Å². The molecule has 0 spiro atoms. The molecule has 1 aromatic rings. The molecule has 0 saturated heterocycles. The zero-order valence-corrected chi connectivity index (χ0v) is 10.6. The van der Waals surface area contributed by atoms with Crippen molar-refractivity contribution in [2.24, 2.45) is 0 Å². The second-order valence-corrected chi connectivity index (χ2v) is 4.30. The van der Waals surface area contributed by atoms with Crippen molar-refractivity contribution >= 4 is 5.91 Å². The second kappa shape index (κ2) is 7.07. The summed E-state index contributed by atoms with van der Waals surface area (Å²) in [7, 11) is 0. The van der Waals surface area contributed by atoms with Crippen molar-refractivity contribution in [2.45, 2.75) is 39.2 Å². The largest absolute Gasteiger partial charge is 0.396 e. The molecule has 0 aliphatic heterocycles. The molecule has 94 valence electrons. The third-order valence-electron chi connectivity index (χ3n) is 2.99. The molecule has 1 amide bonds. The van der Waals surface area contributed by atoms with Crippen molar-refractivity contribution in [2.75, 3.05) is 6.61 Å². The van der Waals surface area contributed by atoms with Gasteiger partial charge in [0.05, 0.1) is 6.61 Å². The molecule has 17 heavy (non-hydrogen) atoms. The Hall–Kier alpha value is -1.35. The highest BCUT2D eigenvalue weighted by Gasteiger charge is 2.03. The van der Waals surface area contributed by atoms with Crippen LogP contribution in [0.25, 0.3) is 0 Å². The van der Waals surface area contributed by atoms with Crippen molar-refractivity contribution < 1.29 is 9.90 Å². The zero-order valence-electron chi connectivity index (χ0n) is 10.6. The number of carbonyl (C=O) groups excluding carboxylic acids is 1. The average molecular weight is 235 g/mol. The van der Waals surface area contributed by atoms with E-state index in [9.17, 15) is 4.79 Å². The van der Waals surface area contributed by atoms with Crippen LogP contribution in [-0.2, 0) is 11.3 Å². The van der Waals surface area contributed by atoms with Gasteiger partial charge >= 0.3 is 0 Å². The Bertz CT molecular complexity index is 346. The van der Waals surface area contributed by atoms with E-state index in [4.69, 9.17) is 5.11 Å². The van der Waals surface area contributed by atoms with E-state index in [-0.39, 0.29) is 18.9 Å². The van der Waals surface area contributed by atoms with Crippen molar-refractivity contribution in [1.82, 2.24) is 5.32 Å². The highest BCUT2D eigenvalue weighted by Crippen LogP contribution is 2.18. The van der Waals surface area contributed by atoms with Crippen LogP contribution >= 0.6 is 0 Å². The van der Waals surface area contributed by atoms with Crippen LogP contribution < -0.4 is 5.32 Å². The highest BCUT2D eigenvalue weighted by atomic mass is 16.3. The van der Waals surface area contributed by atoms with Crippen LogP contribution in [0.5, 0.6) is 0 Å². The molecule has 0 aromatic heterocycles. The summed E-state index contributed by atoms with van der Waals surface area (Å²) in [6, 6.07) is 8.31. The van der Waals surface area contributed by atoms with Crippen molar-refractivity contribution in [1.29, 1.82) is 0 Å². The monoisotopic (exact) mass is 235 g/mol. The van der Waals surface area contributed by atoms with Crippen LogP contribution in [-0.4, -0.2) is 17.6 Å².